The number of hydrogen-bond donors (Lipinski definition) is 2. The van der Waals surface area contributed by atoms with Crippen molar-refractivity contribution >= 4 is 0 Å². The van der Waals surface area contributed by atoms with Gasteiger partial charge in [-0.2, -0.15) is 0 Å². The Hall–Kier alpha value is -0.0800. The fourth-order valence-electron chi connectivity index (χ4n) is 3.11. The van der Waals surface area contributed by atoms with Crippen molar-refractivity contribution in [1.29, 1.82) is 0 Å². The van der Waals surface area contributed by atoms with Crippen LogP contribution in [-0.4, -0.2) is 25.7 Å². The summed E-state index contributed by atoms with van der Waals surface area (Å²) in [5.74, 6) is 0.915. The molecule has 0 amide bonds. The normalized spacial score (nSPS) is 32.6. The molecular weight excluding hydrogens is 196 g/mol. The van der Waals surface area contributed by atoms with Crippen molar-refractivity contribution in [3.63, 3.8) is 0 Å². The summed E-state index contributed by atoms with van der Waals surface area (Å²) in [5, 5.41) is 7.33. The second kappa shape index (κ2) is 5.50. The zero-order chi connectivity index (χ0) is 11.4. The molecule has 2 N–H and O–H groups in total. The van der Waals surface area contributed by atoms with Gasteiger partial charge in [-0.25, -0.2) is 0 Å². The fraction of sp³-hybridized carbons (Fsp3) is 1.00. The Bertz CT molecular complexity index is 211. The van der Waals surface area contributed by atoms with Crippen molar-refractivity contribution in [2.24, 2.45) is 11.3 Å². The largest absolute Gasteiger partial charge is 0.315 e. The summed E-state index contributed by atoms with van der Waals surface area (Å²) in [6.07, 6.45) is 8.41. The van der Waals surface area contributed by atoms with Crippen LogP contribution in [0.2, 0.25) is 0 Å². The quantitative estimate of drug-likeness (QED) is 0.724. The molecule has 2 rings (SSSR count). The lowest BCUT2D eigenvalue weighted by atomic mass is 9.94. The maximum atomic E-state index is 3.70. The van der Waals surface area contributed by atoms with E-state index in [2.05, 4.69) is 24.5 Å². The molecule has 0 aromatic rings. The molecule has 0 aromatic heterocycles. The molecule has 1 heterocycles. The van der Waals surface area contributed by atoms with Gasteiger partial charge in [-0.05, 0) is 50.0 Å². The SMILES string of the molecule is CCCC1(CNCC2CC(C)CCN2)CC1. The summed E-state index contributed by atoms with van der Waals surface area (Å²) < 4.78 is 0. The number of piperidine rings is 1. The van der Waals surface area contributed by atoms with E-state index in [4.69, 9.17) is 0 Å². The third kappa shape index (κ3) is 3.46. The molecule has 1 saturated heterocycles. The van der Waals surface area contributed by atoms with Gasteiger partial charge in [0, 0.05) is 19.1 Å². The Morgan fingerprint density at radius 2 is 2.19 bits per heavy atom. The van der Waals surface area contributed by atoms with E-state index in [-0.39, 0.29) is 0 Å². The molecule has 2 fully saturated rings. The lowest BCUT2D eigenvalue weighted by molar-refractivity contribution is 0.301. The molecule has 2 heteroatoms. The van der Waals surface area contributed by atoms with Crippen LogP contribution in [0.5, 0.6) is 0 Å². The third-order valence-electron chi connectivity index (χ3n) is 4.39. The summed E-state index contributed by atoms with van der Waals surface area (Å²) >= 11 is 0. The van der Waals surface area contributed by atoms with Gasteiger partial charge in [0.2, 0.25) is 0 Å². The van der Waals surface area contributed by atoms with E-state index in [1.807, 2.05) is 0 Å². The summed E-state index contributed by atoms with van der Waals surface area (Å²) in [6.45, 7) is 8.34. The van der Waals surface area contributed by atoms with Crippen LogP contribution in [0.25, 0.3) is 0 Å². The van der Waals surface area contributed by atoms with Crippen LogP contribution in [0.3, 0.4) is 0 Å². The second-order valence-corrected chi connectivity index (χ2v) is 6.16. The van der Waals surface area contributed by atoms with Gasteiger partial charge in [-0.3, -0.25) is 0 Å². The molecule has 2 aliphatic rings. The fourth-order valence-corrected chi connectivity index (χ4v) is 3.11. The number of nitrogens with one attached hydrogen (secondary N) is 2. The minimum Gasteiger partial charge on any atom is -0.315 e. The highest BCUT2D eigenvalue weighted by molar-refractivity contribution is 4.94. The minimum atomic E-state index is 0.703. The average molecular weight is 224 g/mol. The minimum absolute atomic E-state index is 0.703. The van der Waals surface area contributed by atoms with E-state index < -0.39 is 0 Å². The summed E-state index contributed by atoms with van der Waals surface area (Å²) in [7, 11) is 0. The summed E-state index contributed by atoms with van der Waals surface area (Å²) in [6, 6.07) is 0.723. The molecule has 2 nitrogen and oxygen atoms in total. The second-order valence-electron chi connectivity index (χ2n) is 6.16. The number of hydrogen-bond acceptors (Lipinski definition) is 2. The van der Waals surface area contributed by atoms with Crippen LogP contribution in [0.1, 0.15) is 52.4 Å². The van der Waals surface area contributed by atoms with Gasteiger partial charge >= 0.3 is 0 Å². The predicted octanol–water partition coefficient (Wildman–Crippen LogP) is 2.54. The zero-order valence-corrected chi connectivity index (χ0v) is 11.0. The van der Waals surface area contributed by atoms with Crippen LogP contribution in [0.4, 0.5) is 0 Å². The molecule has 1 aliphatic carbocycles. The molecule has 2 atom stereocenters. The van der Waals surface area contributed by atoms with Gasteiger partial charge in [0.25, 0.3) is 0 Å². The lowest BCUT2D eigenvalue weighted by Gasteiger charge is -2.29. The highest BCUT2D eigenvalue weighted by Gasteiger charge is 2.40. The van der Waals surface area contributed by atoms with Gasteiger partial charge in [-0.15, -0.1) is 0 Å². The van der Waals surface area contributed by atoms with Crippen molar-refractivity contribution in [3.05, 3.63) is 0 Å². The first-order chi connectivity index (χ1) is 7.74. The van der Waals surface area contributed by atoms with E-state index >= 15 is 0 Å². The standard InChI is InChI=1S/C14H28N2/c1-3-5-14(6-7-14)11-15-10-13-9-12(2)4-8-16-13/h12-13,15-16H,3-11H2,1-2H3. The smallest absolute Gasteiger partial charge is 0.0195 e. The highest BCUT2D eigenvalue weighted by Crippen LogP contribution is 2.48. The molecule has 1 saturated carbocycles. The monoisotopic (exact) mass is 224 g/mol. The van der Waals surface area contributed by atoms with Gasteiger partial charge in [0.1, 0.15) is 0 Å². The zero-order valence-electron chi connectivity index (χ0n) is 11.0. The Balaban J connectivity index is 1.60. The van der Waals surface area contributed by atoms with E-state index in [0.29, 0.717) is 5.41 Å². The Morgan fingerprint density at radius 3 is 2.81 bits per heavy atom. The maximum Gasteiger partial charge on any atom is 0.0195 e. The molecule has 16 heavy (non-hydrogen) atoms. The lowest BCUT2D eigenvalue weighted by Crippen LogP contribution is -2.45. The van der Waals surface area contributed by atoms with E-state index in [9.17, 15) is 0 Å². The van der Waals surface area contributed by atoms with Crippen LogP contribution in [0.15, 0.2) is 0 Å². The van der Waals surface area contributed by atoms with Crippen LogP contribution in [-0.2, 0) is 0 Å². The molecule has 0 spiro atoms. The Morgan fingerprint density at radius 1 is 1.38 bits per heavy atom. The summed E-state index contributed by atoms with van der Waals surface area (Å²) in [4.78, 5) is 0. The molecule has 0 aromatic carbocycles. The highest BCUT2D eigenvalue weighted by atomic mass is 15.0. The molecule has 0 radical (unpaired) electrons. The van der Waals surface area contributed by atoms with Crippen molar-refractivity contribution in [2.45, 2.75) is 58.4 Å². The van der Waals surface area contributed by atoms with Crippen LogP contribution >= 0.6 is 0 Å². The first-order valence-corrected chi connectivity index (χ1v) is 7.18. The van der Waals surface area contributed by atoms with Gasteiger partial charge in [-0.1, -0.05) is 20.3 Å². The van der Waals surface area contributed by atoms with E-state index in [1.54, 1.807) is 0 Å². The Kier molecular flexibility index (Phi) is 4.26. The third-order valence-corrected chi connectivity index (χ3v) is 4.39. The molecule has 1 aliphatic heterocycles. The maximum absolute atomic E-state index is 3.70. The summed E-state index contributed by atoms with van der Waals surface area (Å²) in [5.41, 5.74) is 0.703. The van der Waals surface area contributed by atoms with Crippen LogP contribution in [0, 0.1) is 11.3 Å². The molecule has 2 unspecified atom stereocenters. The average Bonchev–Trinajstić information content (AvgIpc) is 2.99. The van der Waals surface area contributed by atoms with Crippen molar-refractivity contribution < 1.29 is 0 Å². The first-order valence-electron chi connectivity index (χ1n) is 7.18. The molecule has 94 valence electrons. The Labute approximate surface area is 101 Å². The predicted molar refractivity (Wildman–Crippen MR) is 69.6 cm³/mol. The van der Waals surface area contributed by atoms with Crippen molar-refractivity contribution in [3.8, 4) is 0 Å². The topological polar surface area (TPSA) is 24.1 Å². The van der Waals surface area contributed by atoms with E-state index in [1.165, 1.54) is 58.2 Å². The van der Waals surface area contributed by atoms with Gasteiger partial charge < -0.3 is 10.6 Å². The first kappa shape index (κ1) is 12.4. The van der Waals surface area contributed by atoms with E-state index in [0.717, 1.165) is 12.0 Å². The van der Waals surface area contributed by atoms with Crippen molar-refractivity contribution in [1.82, 2.24) is 10.6 Å². The van der Waals surface area contributed by atoms with Gasteiger partial charge in [0.15, 0.2) is 0 Å². The van der Waals surface area contributed by atoms with Crippen molar-refractivity contribution in [2.75, 3.05) is 19.6 Å². The molecular formula is C14H28N2. The number of rotatable bonds is 6. The van der Waals surface area contributed by atoms with Gasteiger partial charge in [0.05, 0.1) is 0 Å². The van der Waals surface area contributed by atoms with Crippen LogP contribution < -0.4 is 10.6 Å². The molecule has 0 bridgehead atoms.